The maximum absolute atomic E-state index is 12.0. The van der Waals surface area contributed by atoms with Gasteiger partial charge in [-0.05, 0) is 65.2 Å². The zero-order valence-corrected chi connectivity index (χ0v) is 18.7. The van der Waals surface area contributed by atoms with Crippen molar-refractivity contribution in [1.82, 2.24) is 0 Å². The molecule has 0 spiro atoms. The molecule has 0 aliphatic heterocycles. The van der Waals surface area contributed by atoms with Crippen LogP contribution in [0.15, 0.2) is 34.8 Å². The van der Waals surface area contributed by atoms with Crippen molar-refractivity contribution >= 4 is 68.3 Å². The smallest absolute Gasteiger partial charge is 0.306 e. The zero-order chi connectivity index (χ0) is 20.7. The lowest BCUT2D eigenvalue weighted by Crippen LogP contribution is -2.21. The van der Waals surface area contributed by atoms with Crippen LogP contribution in [0.25, 0.3) is 0 Å². The summed E-state index contributed by atoms with van der Waals surface area (Å²) in [5.74, 6) is -0.451. The maximum atomic E-state index is 12.0. The Morgan fingerprint density at radius 1 is 1.14 bits per heavy atom. The summed E-state index contributed by atoms with van der Waals surface area (Å²) in [5, 5.41) is 4.08. The highest BCUT2D eigenvalue weighted by atomic mass is 79.9. The summed E-state index contributed by atoms with van der Waals surface area (Å²) in [6.45, 7) is 1.68. The van der Waals surface area contributed by atoms with Crippen LogP contribution in [0.5, 0.6) is 5.75 Å². The van der Waals surface area contributed by atoms with Crippen LogP contribution < -0.4 is 10.1 Å². The van der Waals surface area contributed by atoms with E-state index in [4.69, 9.17) is 44.3 Å². The molecular formula is C19H17BrCl3NO4. The Hall–Kier alpha value is -1.47. The molecule has 1 N–H and O–H groups in total. The average molecular weight is 510 g/mol. The fourth-order valence-corrected chi connectivity index (χ4v) is 3.24. The van der Waals surface area contributed by atoms with Gasteiger partial charge in [0.15, 0.2) is 6.61 Å². The first-order chi connectivity index (χ1) is 13.3. The molecule has 2 aromatic carbocycles. The van der Waals surface area contributed by atoms with Crippen LogP contribution in [0.2, 0.25) is 15.1 Å². The summed E-state index contributed by atoms with van der Waals surface area (Å²) >= 11 is 21.2. The molecule has 0 heterocycles. The van der Waals surface area contributed by atoms with Gasteiger partial charge in [0.1, 0.15) is 5.75 Å². The minimum absolute atomic E-state index is 0.113. The quantitative estimate of drug-likeness (QED) is 0.347. The van der Waals surface area contributed by atoms with E-state index in [1.54, 1.807) is 37.3 Å². The molecule has 0 fully saturated rings. The summed E-state index contributed by atoms with van der Waals surface area (Å²) in [6.07, 6.45) is 0.530. The molecule has 0 bridgehead atoms. The molecule has 2 aromatic rings. The van der Waals surface area contributed by atoms with Gasteiger partial charge in [0, 0.05) is 21.6 Å². The van der Waals surface area contributed by atoms with Crippen LogP contribution in [-0.2, 0) is 14.3 Å². The molecule has 0 aliphatic rings. The molecule has 2 rings (SSSR count). The first-order valence-corrected chi connectivity index (χ1v) is 10.2. The van der Waals surface area contributed by atoms with Gasteiger partial charge in [0.05, 0.1) is 16.7 Å². The number of nitrogens with one attached hydrogen (secondary N) is 1. The van der Waals surface area contributed by atoms with Crippen molar-refractivity contribution in [2.45, 2.75) is 19.8 Å². The Labute approximate surface area is 186 Å². The second kappa shape index (κ2) is 10.9. The van der Waals surface area contributed by atoms with E-state index in [-0.39, 0.29) is 19.6 Å². The number of rotatable bonds is 8. The van der Waals surface area contributed by atoms with Gasteiger partial charge in [-0.2, -0.15) is 0 Å². The van der Waals surface area contributed by atoms with Crippen molar-refractivity contribution in [3.05, 3.63) is 55.4 Å². The topological polar surface area (TPSA) is 64.6 Å². The highest BCUT2D eigenvalue weighted by molar-refractivity contribution is 9.10. The highest BCUT2D eigenvalue weighted by Crippen LogP contribution is 2.31. The van der Waals surface area contributed by atoms with Gasteiger partial charge < -0.3 is 14.8 Å². The fraction of sp³-hybridized carbons (Fsp3) is 0.263. The molecular weight excluding hydrogens is 492 g/mol. The van der Waals surface area contributed by atoms with Crippen LogP contribution in [0.1, 0.15) is 18.4 Å². The summed E-state index contributed by atoms with van der Waals surface area (Å²) in [7, 11) is 0. The average Bonchev–Trinajstić information content (AvgIpc) is 2.65. The molecule has 1 amide bonds. The predicted molar refractivity (Wildman–Crippen MR) is 115 cm³/mol. The minimum atomic E-state index is -0.494. The summed E-state index contributed by atoms with van der Waals surface area (Å²) < 4.78 is 11.2. The fourth-order valence-electron chi connectivity index (χ4n) is 2.18. The third kappa shape index (κ3) is 6.85. The number of benzene rings is 2. The van der Waals surface area contributed by atoms with E-state index in [1.807, 2.05) is 0 Å². The van der Waals surface area contributed by atoms with E-state index < -0.39 is 11.9 Å². The molecule has 5 nitrogen and oxygen atoms in total. The number of amides is 1. The lowest BCUT2D eigenvalue weighted by atomic mass is 10.2. The Kier molecular flexibility index (Phi) is 8.89. The van der Waals surface area contributed by atoms with Crippen molar-refractivity contribution < 1.29 is 19.1 Å². The monoisotopic (exact) mass is 507 g/mol. The van der Waals surface area contributed by atoms with Crippen molar-refractivity contribution in [3.8, 4) is 5.75 Å². The minimum Gasteiger partial charge on any atom is -0.492 e. The maximum Gasteiger partial charge on any atom is 0.306 e. The van der Waals surface area contributed by atoms with E-state index in [0.29, 0.717) is 38.5 Å². The summed E-state index contributed by atoms with van der Waals surface area (Å²) in [4.78, 5) is 23.7. The molecule has 0 saturated carbocycles. The van der Waals surface area contributed by atoms with Gasteiger partial charge in [-0.25, -0.2) is 0 Å². The SMILES string of the molecule is Cc1c(NC(=O)COC(=O)CCCOc2ccc(Cl)cc2Cl)ccc(Br)c1Cl. The van der Waals surface area contributed by atoms with E-state index in [2.05, 4.69) is 21.2 Å². The van der Waals surface area contributed by atoms with Crippen molar-refractivity contribution in [1.29, 1.82) is 0 Å². The van der Waals surface area contributed by atoms with Crippen molar-refractivity contribution in [2.24, 2.45) is 0 Å². The lowest BCUT2D eigenvalue weighted by Gasteiger charge is -2.11. The van der Waals surface area contributed by atoms with Crippen LogP contribution in [0.3, 0.4) is 0 Å². The number of esters is 1. The molecule has 0 aromatic heterocycles. The number of halogens is 4. The molecule has 0 saturated heterocycles. The van der Waals surface area contributed by atoms with Crippen molar-refractivity contribution in [2.75, 3.05) is 18.5 Å². The summed E-state index contributed by atoms with van der Waals surface area (Å²) in [5.41, 5.74) is 1.27. The van der Waals surface area contributed by atoms with Gasteiger partial charge in [-0.3, -0.25) is 9.59 Å². The Bertz CT molecular complexity index is 876. The number of anilines is 1. The molecule has 0 radical (unpaired) electrons. The Balaban J connectivity index is 1.69. The lowest BCUT2D eigenvalue weighted by molar-refractivity contribution is -0.147. The molecule has 0 atom stereocenters. The second-order valence-electron chi connectivity index (χ2n) is 5.77. The third-order valence-electron chi connectivity index (χ3n) is 3.65. The second-order valence-corrected chi connectivity index (χ2v) is 7.85. The molecule has 0 aliphatic carbocycles. The van der Waals surface area contributed by atoms with Crippen LogP contribution >= 0.6 is 50.7 Å². The first-order valence-electron chi connectivity index (χ1n) is 8.26. The predicted octanol–water partition coefficient (Wildman–Crippen LogP) is 6.06. The molecule has 9 heteroatoms. The number of hydrogen-bond donors (Lipinski definition) is 1. The number of carbonyl (C=O) groups excluding carboxylic acids is 2. The highest BCUT2D eigenvalue weighted by Gasteiger charge is 2.12. The van der Waals surface area contributed by atoms with Gasteiger partial charge in [0.25, 0.3) is 5.91 Å². The number of carbonyl (C=O) groups is 2. The number of ether oxygens (including phenoxy) is 2. The first kappa shape index (κ1) is 22.8. The standard InChI is InChI=1S/C19H17BrCl3NO4/c1-11-15(6-5-13(20)19(11)23)24-17(25)10-28-18(26)3-2-8-27-16-7-4-12(21)9-14(16)22/h4-7,9H,2-3,8,10H2,1H3,(H,24,25). The third-order valence-corrected chi connectivity index (χ3v) is 5.56. The van der Waals surface area contributed by atoms with Crippen molar-refractivity contribution in [3.63, 3.8) is 0 Å². The van der Waals surface area contributed by atoms with E-state index in [1.165, 1.54) is 0 Å². The van der Waals surface area contributed by atoms with Crippen LogP contribution in [0.4, 0.5) is 5.69 Å². The Morgan fingerprint density at radius 2 is 1.89 bits per heavy atom. The number of hydrogen-bond acceptors (Lipinski definition) is 4. The van der Waals surface area contributed by atoms with E-state index in [9.17, 15) is 9.59 Å². The Morgan fingerprint density at radius 3 is 2.61 bits per heavy atom. The normalized spacial score (nSPS) is 10.5. The van der Waals surface area contributed by atoms with E-state index >= 15 is 0 Å². The van der Waals surface area contributed by atoms with Gasteiger partial charge in [-0.1, -0.05) is 34.8 Å². The van der Waals surface area contributed by atoms with Crippen LogP contribution in [-0.4, -0.2) is 25.1 Å². The van der Waals surface area contributed by atoms with Gasteiger partial charge in [-0.15, -0.1) is 0 Å². The molecule has 0 unspecified atom stereocenters. The van der Waals surface area contributed by atoms with Gasteiger partial charge >= 0.3 is 5.97 Å². The molecule has 150 valence electrons. The zero-order valence-electron chi connectivity index (χ0n) is 14.9. The van der Waals surface area contributed by atoms with Gasteiger partial charge in [0.2, 0.25) is 0 Å². The summed E-state index contributed by atoms with van der Waals surface area (Å²) in [6, 6.07) is 8.33. The van der Waals surface area contributed by atoms with E-state index in [0.717, 1.165) is 4.47 Å². The molecule has 28 heavy (non-hydrogen) atoms. The van der Waals surface area contributed by atoms with Crippen LogP contribution in [0, 0.1) is 6.92 Å². The largest absolute Gasteiger partial charge is 0.492 e.